The molecule has 5 atom stereocenters. The number of hydrogen-bond acceptors (Lipinski definition) is 11. The van der Waals surface area contributed by atoms with Crippen molar-refractivity contribution in [3.05, 3.63) is 60.4 Å². The molecule has 296 valence electrons. The fourth-order valence-electron chi connectivity index (χ4n) is 6.93. The Bertz CT molecular complexity index is 2100. The van der Waals surface area contributed by atoms with Crippen molar-refractivity contribution in [1.82, 2.24) is 24.5 Å². The number of carbonyl (C=O) groups excluding carboxylic acids is 3. The van der Waals surface area contributed by atoms with Gasteiger partial charge in [0, 0.05) is 40.2 Å². The molecule has 4 amide bonds. The van der Waals surface area contributed by atoms with Crippen LogP contribution >= 0.6 is 11.6 Å². The summed E-state index contributed by atoms with van der Waals surface area (Å²) in [5.74, 6) is -2.21. The van der Waals surface area contributed by atoms with E-state index in [1.54, 1.807) is 45.9 Å². The Hall–Kier alpha value is -4.77. The highest BCUT2D eigenvalue weighted by molar-refractivity contribution is 7.91. The topological polar surface area (TPSA) is 169 Å². The number of fused-ring (bicyclic) bond motifs is 1. The molecule has 14 nitrogen and oxygen atoms in total. The zero-order valence-electron chi connectivity index (χ0n) is 30.9. The van der Waals surface area contributed by atoms with E-state index in [1.165, 1.54) is 42.6 Å². The number of anilines is 1. The molecule has 3 heterocycles. The first-order valence-electron chi connectivity index (χ1n) is 17.7. The van der Waals surface area contributed by atoms with Gasteiger partial charge in [-0.05, 0) is 55.9 Å². The number of imide groups is 1. The third-order valence-electron chi connectivity index (χ3n) is 10.1. The van der Waals surface area contributed by atoms with E-state index in [1.807, 2.05) is 0 Å². The fourth-order valence-corrected chi connectivity index (χ4v) is 8.46. The van der Waals surface area contributed by atoms with Crippen LogP contribution in [0.15, 0.2) is 55.4 Å². The van der Waals surface area contributed by atoms with Crippen molar-refractivity contribution in [2.75, 3.05) is 19.0 Å². The second-order valence-electron chi connectivity index (χ2n) is 15.1. The van der Waals surface area contributed by atoms with E-state index in [2.05, 4.69) is 31.3 Å². The number of sulfonamides is 1. The van der Waals surface area contributed by atoms with Crippen LogP contribution in [-0.4, -0.2) is 95.3 Å². The molecule has 18 heteroatoms. The predicted molar refractivity (Wildman–Crippen MR) is 200 cm³/mol. The first-order valence-corrected chi connectivity index (χ1v) is 19.6. The number of ether oxygens (including phenoxy) is 3. The normalized spacial score (nSPS) is 22.9. The molecule has 3 aliphatic rings. The summed E-state index contributed by atoms with van der Waals surface area (Å²) in [6.07, 6.45) is 4.54. The summed E-state index contributed by atoms with van der Waals surface area (Å²) in [7, 11) is -2.57. The van der Waals surface area contributed by atoms with Crippen LogP contribution in [0.1, 0.15) is 53.4 Å². The highest BCUT2D eigenvalue weighted by Gasteiger charge is 2.68. The van der Waals surface area contributed by atoms with Crippen LogP contribution in [0, 0.1) is 11.3 Å². The highest BCUT2D eigenvalue weighted by Crippen LogP contribution is 2.52. The number of amides is 4. The minimum absolute atomic E-state index is 0.0144. The molecule has 0 bridgehead atoms. The van der Waals surface area contributed by atoms with Gasteiger partial charge in [0.2, 0.25) is 21.8 Å². The largest absolute Gasteiger partial charge is 0.494 e. The average molecular weight is 805 g/mol. The van der Waals surface area contributed by atoms with Crippen LogP contribution < -0.4 is 24.2 Å². The van der Waals surface area contributed by atoms with Gasteiger partial charge in [-0.25, -0.2) is 28.1 Å². The lowest BCUT2D eigenvalue weighted by Crippen LogP contribution is -2.64. The molecule has 1 saturated heterocycles. The Morgan fingerprint density at radius 1 is 1.13 bits per heavy atom. The van der Waals surface area contributed by atoms with Crippen molar-refractivity contribution in [2.24, 2.45) is 11.3 Å². The summed E-state index contributed by atoms with van der Waals surface area (Å²) in [4.78, 5) is 54.8. The Balaban J connectivity index is 1.35. The van der Waals surface area contributed by atoms with Crippen molar-refractivity contribution in [1.29, 1.82) is 0 Å². The Morgan fingerprint density at radius 2 is 1.85 bits per heavy atom. The number of pyridine rings is 2. The van der Waals surface area contributed by atoms with E-state index < -0.39 is 74.8 Å². The predicted octanol–water partition coefficient (Wildman–Crippen LogP) is 5.76. The summed E-state index contributed by atoms with van der Waals surface area (Å²) >= 11 is 6.31. The molecule has 3 fully saturated rings. The zero-order valence-corrected chi connectivity index (χ0v) is 32.5. The van der Waals surface area contributed by atoms with Crippen LogP contribution in [0.2, 0.25) is 5.02 Å². The van der Waals surface area contributed by atoms with Gasteiger partial charge in [0.25, 0.3) is 11.8 Å². The summed E-state index contributed by atoms with van der Waals surface area (Å²) < 4.78 is 70.0. The number of urea groups is 1. The van der Waals surface area contributed by atoms with Gasteiger partial charge in [-0.3, -0.25) is 14.3 Å². The first-order chi connectivity index (χ1) is 25.9. The van der Waals surface area contributed by atoms with E-state index in [9.17, 15) is 26.8 Å². The van der Waals surface area contributed by atoms with Gasteiger partial charge in [0.1, 0.15) is 23.4 Å². The van der Waals surface area contributed by atoms with Crippen molar-refractivity contribution in [3.63, 3.8) is 0 Å². The molecule has 1 unspecified atom stereocenters. The molecule has 2 aliphatic carbocycles. The second-order valence-corrected chi connectivity index (χ2v) is 17.5. The quantitative estimate of drug-likeness (QED) is 0.202. The fraction of sp³-hybridized carbons (Fsp3) is 0.486. The molecule has 6 rings (SSSR count). The van der Waals surface area contributed by atoms with Gasteiger partial charge >= 0.3 is 12.6 Å². The molecule has 2 N–H and O–H groups in total. The maximum atomic E-state index is 15.0. The number of benzene rings is 1. The number of alkyl halides is 2. The van der Waals surface area contributed by atoms with Gasteiger partial charge in [0.05, 0.1) is 37.0 Å². The van der Waals surface area contributed by atoms with E-state index in [-0.39, 0.29) is 30.4 Å². The number of halogens is 3. The van der Waals surface area contributed by atoms with Gasteiger partial charge in [-0.1, -0.05) is 38.4 Å². The summed E-state index contributed by atoms with van der Waals surface area (Å²) in [5, 5.41) is 4.05. The minimum atomic E-state index is -4.09. The lowest BCUT2D eigenvalue weighted by molar-refractivity contribution is -0.141. The average Bonchev–Trinajstić information content (AvgIpc) is 4.04. The number of methoxy groups -OCH3 is 1. The van der Waals surface area contributed by atoms with Gasteiger partial charge < -0.3 is 24.4 Å². The van der Waals surface area contributed by atoms with Crippen LogP contribution in [0.25, 0.3) is 10.8 Å². The number of likely N-dealkylation sites (tertiary alicyclic amines) is 1. The van der Waals surface area contributed by atoms with Crippen LogP contribution in [-0.2, 0) is 19.6 Å². The smallest absolute Gasteiger partial charge is 0.388 e. The molecule has 1 aromatic carbocycles. The Labute approximate surface area is 322 Å². The van der Waals surface area contributed by atoms with E-state index >= 15 is 4.79 Å². The summed E-state index contributed by atoms with van der Waals surface area (Å²) in [5.41, 5.74) is -2.63. The molecule has 2 saturated carbocycles. The van der Waals surface area contributed by atoms with Crippen molar-refractivity contribution < 1.29 is 45.8 Å². The number of carbonyl (C=O) groups is 3. The standard InChI is InChI=1S/C37H43ClF2N6O8S/c1-7-21-16-37(21,33(48)44-55(50,51)25-10-11-25)46(32(47)30(36(3,4)5)43-23-9-13-29(41-17-23)54-34(39)40)35(49)45-19-24(14-20(45)2)53-31-27-15-22(38)8-12-26(27)28(52-6)18-42-31/h7-9,12-13,15,17-18,20-21,24-25,30,34,43H,1,10-11,14,16,19H2,2-6H3,(H,44,48)/t20?,21-,24-,30+,37-/m1/s1. The molecule has 3 aromatic rings. The maximum Gasteiger partial charge on any atom is 0.388 e. The number of hydrogen-bond donors (Lipinski definition) is 2. The molecular weight excluding hydrogens is 762 g/mol. The molecule has 1 aliphatic heterocycles. The molecule has 0 radical (unpaired) electrons. The van der Waals surface area contributed by atoms with Crippen LogP contribution in [0.3, 0.4) is 0 Å². The van der Waals surface area contributed by atoms with Crippen LogP contribution in [0.5, 0.6) is 17.5 Å². The number of nitrogens with zero attached hydrogens (tertiary/aromatic N) is 4. The van der Waals surface area contributed by atoms with E-state index in [0.29, 0.717) is 40.8 Å². The minimum Gasteiger partial charge on any atom is -0.494 e. The van der Waals surface area contributed by atoms with Crippen LogP contribution in [0.4, 0.5) is 19.3 Å². The molecule has 2 aromatic heterocycles. The molecular formula is C37H43ClF2N6O8S. The lowest BCUT2D eigenvalue weighted by Gasteiger charge is -2.40. The molecule has 55 heavy (non-hydrogen) atoms. The summed E-state index contributed by atoms with van der Waals surface area (Å²) in [6.45, 7) is 7.68. The second kappa shape index (κ2) is 15.0. The first kappa shape index (κ1) is 39.9. The van der Waals surface area contributed by atoms with Crippen molar-refractivity contribution >= 4 is 55.9 Å². The zero-order chi connectivity index (χ0) is 40.0. The van der Waals surface area contributed by atoms with Crippen molar-refractivity contribution in [3.8, 4) is 17.5 Å². The highest BCUT2D eigenvalue weighted by atomic mass is 35.5. The number of nitrogens with one attached hydrogen (secondary N) is 2. The SMILES string of the molecule is C=C[C@@H]1C[C@@]1(C(=O)NS(=O)(=O)C1CC1)N(C(=O)[C@H](Nc1ccc(OC(F)F)nc1)C(C)(C)C)C(=O)N1C[C@H](Oc2ncc(OC)c3ccc(Cl)cc23)CC1C. The van der Waals surface area contributed by atoms with Gasteiger partial charge in [0.15, 0.2) is 0 Å². The van der Waals surface area contributed by atoms with E-state index in [4.69, 9.17) is 21.1 Å². The number of rotatable bonds is 13. The Kier molecular flexibility index (Phi) is 10.9. The summed E-state index contributed by atoms with van der Waals surface area (Å²) in [6, 6.07) is 5.19. The van der Waals surface area contributed by atoms with Gasteiger partial charge in [-0.2, -0.15) is 8.78 Å². The third kappa shape index (κ3) is 8.13. The number of aromatic nitrogens is 2. The third-order valence-corrected chi connectivity index (χ3v) is 12.2. The van der Waals surface area contributed by atoms with Gasteiger partial charge in [-0.15, -0.1) is 6.58 Å². The molecule has 0 spiro atoms. The maximum absolute atomic E-state index is 15.0. The van der Waals surface area contributed by atoms with Crippen molar-refractivity contribution in [2.45, 2.75) is 89.0 Å². The monoisotopic (exact) mass is 804 g/mol. The van der Waals surface area contributed by atoms with E-state index in [0.717, 1.165) is 4.90 Å². The lowest BCUT2D eigenvalue weighted by atomic mass is 9.85. The Morgan fingerprint density at radius 3 is 2.44 bits per heavy atom.